The Balaban J connectivity index is -0.000000137. The fraction of sp³-hybridized carbons (Fsp3) is 0.818. The van der Waals surface area contributed by atoms with Crippen molar-refractivity contribution in [2.75, 3.05) is 13.1 Å². The molecule has 0 spiro atoms. The maximum atomic E-state index is 3.25. The summed E-state index contributed by atoms with van der Waals surface area (Å²) in [7, 11) is 0. The molecule has 1 heteroatoms. The molecule has 0 aromatic heterocycles. The SMILES string of the molecule is C=C.CCC.CCCCNCC. The van der Waals surface area contributed by atoms with Crippen LogP contribution in [-0.2, 0) is 0 Å². The van der Waals surface area contributed by atoms with Gasteiger partial charge in [-0.05, 0) is 19.5 Å². The lowest BCUT2D eigenvalue weighted by molar-refractivity contribution is 0.663. The van der Waals surface area contributed by atoms with Crippen molar-refractivity contribution in [2.24, 2.45) is 0 Å². The Bertz CT molecular complexity index is 40.3. The van der Waals surface area contributed by atoms with Gasteiger partial charge in [-0.15, -0.1) is 13.2 Å². The van der Waals surface area contributed by atoms with Gasteiger partial charge in [0.05, 0.1) is 0 Å². The summed E-state index contributed by atoms with van der Waals surface area (Å²) in [5.41, 5.74) is 0. The predicted octanol–water partition coefficient (Wildman–Crippen LogP) is 3.61. The van der Waals surface area contributed by atoms with Crippen molar-refractivity contribution in [3.63, 3.8) is 0 Å². The van der Waals surface area contributed by atoms with E-state index in [0.717, 1.165) is 6.54 Å². The number of rotatable bonds is 4. The van der Waals surface area contributed by atoms with Gasteiger partial charge in [0.2, 0.25) is 0 Å². The molecular weight excluding hydrogens is 146 g/mol. The molecule has 0 fully saturated rings. The molecule has 0 aliphatic heterocycles. The highest BCUT2D eigenvalue weighted by Gasteiger charge is 1.77. The van der Waals surface area contributed by atoms with Crippen LogP contribution in [0.15, 0.2) is 13.2 Å². The Hall–Kier alpha value is -0.300. The van der Waals surface area contributed by atoms with Crippen LogP contribution in [0, 0.1) is 0 Å². The molecule has 0 aliphatic rings. The summed E-state index contributed by atoms with van der Waals surface area (Å²) in [5, 5.41) is 3.25. The van der Waals surface area contributed by atoms with E-state index in [1.807, 2.05) is 0 Å². The van der Waals surface area contributed by atoms with Crippen molar-refractivity contribution in [2.45, 2.75) is 47.0 Å². The smallest absolute Gasteiger partial charge is 0.00491 e. The Morgan fingerprint density at radius 1 is 1.00 bits per heavy atom. The quantitative estimate of drug-likeness (QED) is 0.506. The molecule has 76 valence electrons. The average Bonchev–Trinajstić information content (AvgIpc) is 2.11. The largest absolute Gasteiger partial charge is 0.317 e. The van der Waals surface area contributed by atoms with Gasteiger partial charge in [-0.1, -0.05) is 40.5 Å². The third-order valence-corrected chi connectivity index (χ3v) is 0.957. The minimum absolute atomic E-state index is 1.11. The Morgan fingerprint density at radius 3 is 1.67 bits per heavy atom. The topological polar surface area (TPSA) is 12.0 Å². The zero-order valence-corrected chi connectivity index (χ0v) is 9.45. The lowest BCUT2D eigenvalue weighted by Crippen LogP contribution is -2.13. The lowest BCUT2D eigenvalue weighted by Gasteiger charge is -1.95. The van der Waals surface area contributed by atoms with Gasteiger partial charge in [-0.2, -0.15) is 0 Å². The first-order chi connectivity index (χ1) is 5.83. The molecule has 0 saturated carbocycles. The number of hydrogen-bond donors (Lipinski definition) is 1. The van der Waals surface area contributed by atoms with Crippen molar-refractivity contribution in [1.29, 1.82) is 0 Å². The van der Waals surface area contributed by atoms with Crippen LogP contribution in [0.5, 0.6) is 0 Å². The van der Waals surface area contributed by atoms with E-state index < -0.39 is 0 Å². The molecule has 0 rings (SSSR count). The molecular formula is C11H27N. The average molecular weight is 173 g/mol. The summed E-state index contributed by atoms with van der Waals surface area (Å²) in [4.78, 5) is 0. The Morgan fingerprint density at radius 2 is 1.42 bits per heavy atom. The van der Waals surface area contributed by atoms with E-state index in [9.17, 15) is 0 Å². The van der Waals surface area contributed by atoms with E-state index in [1.54, 1.807) is 0 Å². The highest BCUT2D eigenvalue weighted by atomic mass is 14.8. The first-order valence-corrected chi connectivity index (χ1v) is 5.04. The molecule has 0 saturated heterocycles. The summed E-state index contributed by atoms with van der Waals surface area (Å²) in [6, 6.07) is 0. The van der Waals surface area contributed by atoms with Crippen LogP contribution >= 0.6 is 0 Å². The van der Waals surface area contributed by atoms with Crippen molar-refractivity contribution in [3.8, 4) is 0 Å². The molecule has 0 radical (unpaired) electrons. The molecule has 1 N–H and O–H groups in total. The maximum Gasteiger partial charge on any atom is -0.00491 e. The minimum Gasteiger partial charge on any atom is -0.317 e. The van der Waals surface area contributed by atoms with Gasteiger partial charge >= 0.3 is 0 Å². The monoisotopic (exact) mass is 173 g/mol. The Labute approximate surface area is 79.3 Å². The van der Waals surface area contributed by atoms with E-state index in [4.69, 9.17) is 0 Å². The number of hydrogen-bond acceptors (Lipinski definition) is 1. The van der Waals surface area contributed by atoms with E-state index in [2.05, 4.69) is 46.2 Å². The molecule has 1 nitrogen and oxygen atoms in total. The second kappa shape index (κ2) is 31.0. The van der Waals surface area contributed by atoms with Crippen LogP contribution in [-0.4, -0.2) is 13.1 Å². The lowest BCUT2D eigenvalue weighted by atomic mass is 10.3. The third kappa shape index (κ3) is 53.6. The molecule has 0 heterocycles. The van der Waals surface area contributed by atoms with E-state index in [0.29, 0.717) is 0 Å². The highest BCUT2D eigenvalue weighted by molar-refractivity contribution is 4.39. The van der Waals surface area contributed by atoms with E-state index >= 15 is 0 Å². The summed E-state index contributed by atoms with van der Waals surface area (Å²) < 4.78 is 0. The van der Waals surface area contributed by atoms with Crippen molar-refractivity contribution in [1.82, 2.24) is 5.32 Å². The summed E-state index contributed by atoms with van der Waals surface area (Å²) in [5.74, 6) is 0. The van der Waals surface area contributed by atoms with Crippen LogP contribution in [0.3, 0.4) is 0 Å². The number of unbranched alkanes of at least 4 members (excludes halogenated alkanes) is 1. The first-order valence-electron chi connectivity index (χ1n) is 5.04. The predicted molar refractivity (Wildman–Crippen MR) is 60.7 cm³/mol. The van der Waals surface area contributed by atoms with Crippen molar-refractivity contribution >= 4 is 0 Å². The second-order valence-corrected chi connectivity index (χ2v) is 2.41. The van der Waals surface area contributed by atoms with Gasteiger partial charge in [0.1, 0.15) is 0 Å². The van der Waals surface area contributed by atoms with Crippen LogP contribution in [0.4, 0.5) is 0 Å². The summed E-state index contributed by atoms with van der Waals surface area (Å²) >= 11 is 0. The van der Waals surface area contributed by atoms with E-state index in [1.165, 1.54) is 25.8 Å². The molecule has 0 atom stereocenters. The number of nitrogens with one attached hydrogen (secondary N) is 1. The van der Waals surface area contributed by atoms with Crippen LogP contribution in [0.2, 0.25) is 0 Å². The third-order valence-electron chi connectivity index (χ3n) is 0.957. The van der Waals surface area contributed by atoms with Gasteiger partial charge in [0.15, 0.2) is 0 Å². The molecule has 0 aromatic carbocycles. The van der Waals surface area contributed by atoms with Gasteiger partial charge in [-0.3, -0.25) is 0 Å². The zero-order chi connectivity index (χ0) is 10.2. The second-order valence-electron chi connectivity index (χ2n) is 2.41. The highest BCUT2D eigenvalue weighted by Crippen LogP contribution is 1.80. The summed E-state index contributed by atoms with van der Waals surface area (Å²) in [6.45, 7) is 16.9. The van der Waals surface area contributed by atoms with Gasteiger partial charge in [0, 0.05) is 0 Å². The zero-order valence-electron chi connectivity index (χ0n) is 9.45. The fourth-order valence-corrected chi connectivity index (χ4v) is 0.479. The molecule has 0 aromatic rings. The van der Waals surface area contributed by atoms with E-state index in [-0.39, 0.29) is 0 Å². The fourth-order valence-electron chi connectivity index (χ4n) is 0.479. The van der Waals surface area contributed by atoms with Gasteiger partial charge in [-0.25, -0.2) is 0 Å². The molecule has 12 heavy (non-hydrogen) atoms. The van der Waals surface area contributed by atoms with Crippen LogP contribution < -0.4 is 5.32 Å². The van der Waals surface area contributed by atoms with Gasteiger partial charge < -0.3 is 5.32 Å². The Kier molecular flexibility index (Phi) is 45.7. The molecule has 0 aliphatic carbocycles. The van der Waals surface area contributed by atoms with Crippen molar-refractivity contribution in [3.05, 3.63) is 13.2 Å². The normalized spacial score (nSPS) is 7.33. The maximum absolute atomic E-state index is 3.25. The van der Waals surface area contributed by atoms with Crippen molar-refractivity contribution < 1.29 is 0 Å². The molecule has 0 bridgehead atoms. The first kappa shape index (κ1) is 17.7. The standard InChI is InChI=1S/C6H15N.C3H8.C2H4/c1-3-5-6-7-4-2;1-3-2;1-2/h7H,3-6H2,1-2H3;3H2,1-2H3;1-2H2. The molecule has 0 amide bonds. The molecule has 0 unspecified atom stereocenters. The summed E-state index contributed by atoms with van der Waals surface area (Å²) in [6.07, 6.45) is 3.86. The van der Waals surface area contributed by atoms with Crippen LogP contribution in [0.1, 0.15) is 47.0 Å². The minimum atomic E-state index is 1.11. The van der Waals surface area contributed by atoms with Gasteiger partial charge in [0.25, 0.3) is 0 Å². The van der Waals surface area contributed by atoms with Crippen LogP contribution in [0.25, 0.3) is 0 Å².